The molecule has 5 fully saturated rings. The zero-order valence-electron chi connectivity index (χ0n) is 25.1. The van der Waals surface area contributed by atoms with E-state index in [0.717, 1.165) is 37.6 Å². The molecule has 0 amide bonds. The number of piperidine rings is 2. The molecule has 228 valence electrons. The van der Waals surface area contributed by atoms with Crippen molar-refractivity contribution in [1.82, 2.24) is 20.7 Å². The van der Waals surface area contributed by atoms with Crippen molar-refractivity contribution in [3.05, 3.63) is 12.3 Å². The van der Waals surface area contributed by atoms with Crippen LogP contribution in [0, 0.1) is 23.7 Å². The number of nitrogens with one attached hydrogen (secondary N) is 2. The van der Waals surface area contributed by atoms with Crippen LogP contribution in [0.5, 0.6) is 0 Å². The number of nitrogens with zero attached hydrogens (tertiary/aromatic N) is 2. The Morgan fingerprint density at radius 3 is 2.23 bits per heavy atom. The summed E-state index contributed by atoms with van der Waals surface area (Å²) in [6.07, 6.45) is 10.6. The van der Waals surface area contributed by atoms with Gasteiger partial charge in [-0.15, -0.1) is 0 Å². The van der Waals surface area contributed by atoms with Crippen molar-refractivity contribution in [2.45, 2.75) is 134 Å². The summed E-state index contributed by atoms with van der Waals surface area (Å²) in [6, 6.07) is 1.02. The molecule has 8 atom stereocenters. The molecule has 5 rings (SSSR count). The molecular formula is C30H57F2N4O2P. The van der Waals surface area contributed by atoms with E-state index in [9.17, 15) is 13.9 Å². The third-order valence-electron chi connectivity index (χ3n) is 10.2. The minimum atomic E-state index is -3.01. The number of hydrazine groups is 1. The lowest BCUT2D eigenvalue weighted by atomic mass is 9.77. The molecule has 0 aromatic carbocycles. The van der Waals surface area contributed by atoms with E-state index in [4.69, 9.17) is 5.11 Å². The van der Waals surface area contributed by atoms with Gasteiger partial charge < -0.3 is 20.4 Å². The van der Waals surface area contributed by atoms with Gasteiger partial charge in [-0.1, -0.05) is 56.4 Å². The van der Waals surface area contributed by atoms with Crippen molar-refractivity contribution in [3.8, 4) is 0 Å². The Balaban J connectivity index is 0.00000100. The van der Waals surface area contributed by atoms with Crippen molar-refractivity contribution in [2.75, 3.05) is 20.2 Å². The zero-order chi connectivity index (χ0) is 28.9. The summed E-state index contributed by atoms with van der Waals surface area (Å²) in [5, 5.41) is 23.1. The monoisotopic (exact) mass is 574 g/mol. The van der Waals surface area contributed by atoms with Crippen LogP contribution in [0.15, 0.2) is 12.3 Å². The lowest BCUT2D eigenvalue weighted by Crippen LogP contribution is -2.59. The number of alkyl halides is 2. The van der Waals surface area contributed by atoms with Gasteiger partial charge in [0.1, 0.15) is 6.04 Å². The molecule has 0 spiro atoms. The average Bonchev–Trinajstić information content (AvgIpc) is 3.17. The minimum Gasteiger partial charge on any atom is -0.400 e. The van der Waals surface area contributed by atoms with Gasteiger partial charge in [-0.25, -0.2) is 13.8 Å². The van der Waals surface area contributed by atoms with Crippen LogP contribution in [0.25, 0.3) is 0 Å². The van der Waals surface area contributed by atoms with E-state index in [1.54, 1.807) is 9.24 Å². The van der Waals surface area contributed by atoms with E-state index in [-0.39, 0.29) is 5.92 Å². The molecule has 5 aliphatic rings. The highest BCUT2D eigenvalue weighted by Crippen LogP contribution is 2.45. The Kier molecular flexibility index (Phi) is 12.5. The van der Waals surface area contributed by atoms with Crippen LogP contribution in [0.1, 0.15) is 91.9 Å². The van der Waals surface area contributed by atoms with Crippen molar-refractivity contribution in [2.24, 2.45) is 23.7 Å². The highest BCUT2D eigenvalue weighted by molar-refractivity contribution is 7.18. The van der Waals surface area contributed by atoms with Crippen LogP contribution >= 0.6 is 9.24 Å². The molecule has 0 aromatic rings. The van der Waals surface area contributed by atoms with Crippen molar-refractivity contribution in [1.29, 1.82) is 0 Å². The Morgan fingerprint density at radius 1 is 1.00 bits per heavy atom. The molecule has 4 N–H and O–H groups in total. The van der Waals surface area contributed by atoms with Crippen LogP contribution in [0.4, 0.5) is 8.78 Å². The first-order chi connectivity index (χ1) is 18.6. The number of likely N-dealkylation sites (tertiary alicyclic amines) is 1. The molecule has 3 saturated heterocycles. The fourth-order valence-corrected chi connectivity index (χ4v) is 8.57. The van der Waals surface area contributed by atoms with Crippen molar-refractivity contribution >= 4 is 9.24 Å². The molecule has 39 heavy (non-hydrogen) atoms. The van der Waals surface area contributed by atoms with Crippen LogP contribution < -0.4 is 10.7 Å². The zero-order valence-corrected chi connectivity index (χ0v) is 26.2. The lowest BCUT2D eigenvalue weighted by molar-refractivity contribution is -0.0361. The lowest BCUT2D eigenvalue weighted by Gasteiger charge is -2.50. The summed E-state index contributed by atoms with van der Waals surface area (Å²) in [6.45, 7) is 14.7. The summed E-state index contributed by atoms with van der Waals surface area (Å²) < 4.78 is 27.7. The number of hydrogen-bond acceptors (Lipinski definition) is 6. The molecule has 2 aliphatic carbocycles. The topological polar surface area (TPSA) is 71.0 Å². The smallest absolute Gasteiger partial charge is 0.276 e. The van der Waals surface area contributed by atoms with Gasteiger partial charge in [0.15, 0.2) is 0 Å². The summed E-state index contributed by atoms with van der Waals surface area (Å²) in [5.41, 5.74) is 2.06. The Labute approximate surface area is 238 Å². The van der Waals surface area contributed by atoms with E-state index < -0.39 is 17.8 Å². The number of aliphatic hydroxyl groups is 2. The molecule has 3 aliphatic heterocycles. The first kappa shape index (κ1) is 33.1. The van der Waals surface area contributed by atoms with Crippen LogP contribution in [-0.4, -0.2) is 82.3 Å². The highest BCUT2D eigenvalue weighted by Gasteiger charge is 2.53. The maximum absolute atomic E-state index is 13.8. The van der Waals surface area contributed by atoms with Gasteiger partial charge in [0.2, 0.25) is 0 Å². The van der Waals surface area contributed by atoms with Crippen molar-refractivity contribution < 1.29 is 19.0 Å². The molecule has 3 heterocycles. The summed E-state index contributed by atoms with van der Waals surface area (Å²) >= 11 is 0. The molecule has 0 aromatic heterocycles. The van der Waals surface area contributed by atoms with Gasteiger partial charge >= 0.3 is 0 Å². The maximum Gasteiger partial charge on any atom is 0.276 e. The van der Waals surface area contributed by atoms with Gasteiger partial charge in [0.25, 0.3) is 5.66 Å². The Morgan fingerprint density at radius 2 is 1.64 bits per heavy atom. The number of hydrogen-bond donors (Lipinski definition) is 4. The predicted molar refractivity (Wildman–Crippen MR) is 159 cm³/mol. The Bertz CT molecular complexity index is 762. The molecular weight excluding hydrogens is 517 g/mol. The van der Waals surface area contributed by atoms with E-state index in [1.807, 2.05) is 13.8 Å². The van der Waals surface area contributed by atoms with E-state index in [2.05, 4.69) is 41.1 Å². The highest BCUT2D eigenvalue weighted by atomic mass is 31.0. The summed E-state index contributed by atoms with van der Waals surface area (Å²) in [5.74, 6) is 2.26. The van der Waals surface area contributed by atoms with Gasteiger partial charge in [0.05, 0.1) is 6.10 Å². The first-order valence-corrected chi connectivity index (χ1v) is 16.3. The summed E-state index contributed by atoms with van der Waals surface area (Å²) in [7, 11) is 2.58. The van der Waals surface area contributed by atoms with E-state index >= 15 is 0 Å². The number of aliphatic hydroxyl groups excluding tert-OH is 2. The molecule has 6 nitrogen and oxygen atoms in total. The summed E-state index contributed by atoms with van der Waals surface area (Å²) in [4.78, 5) is 2.53. The predicted octanol–water partition coefficient (Wildman–Crippen LogP) is 4.98. The van der Waals surface area contributed by atoms with Crippen molar-refractivity contribution in [3.63, 3.8) is 0 Å². The standard InChI is InChI=1S/C27H47F2N4OP.C2H6.CH4O/c1-16(2)18-8-10-20(11-9-18)33-23-12-13-32(22-7-5-4-6-21(31-33)25(22)23)17(3)19-14-24(34)26(30-15-19)27(28,29)35;2*1-2/h16,18-26,30-31,34H,3-15,35H2,1-2H3;1-2H3;2H,1H3/t18?,19?,20?,21?,22-,23?,24?,25?,26?;;/m0../s1. The van der Waals surface area contributed by atoms with Gasteiger partial charge in [-0.05, 0) is 63.2 Å². The van der Waals surface area contributed by atoms with Crippen LogP contribution in [0.2, 0.25) is 0 Å². The minimum absolute atomic E-state index is 0.00336. The molecule has 0 bridgehead atoms. The third kappa shape index (κ3) is 7.35. The fourth-order valence-electron chi connectivity index (χ4n) is 8.23. The van der Waals surface area contributed by atoms with Gasteiger partial charge in [-0.3, -0.25) is 5.43 Å². The second-order valence-electron chi connectivity index (χ2n) is 12.5. The number of rotatable bonds is 5. The van der Waals surface area contributed by atoms with Gasteiger partial charge in [-0.2, -0.15) is 0 Å². The second-order valence-corrected chi connectivity index (χ2v) is 13.3. The largest absolute Gasteiger partial charge is 0.400 e. The SMILES string of the molecule is C=C(C1CNC(C(F)(F)P)C(O)C1)N1CCC2C3C(CCCC[C@@H]31)NN2C1CCC(C(C)C)CC1.CC.CO. The molecule has 0 radical (unpaired) electrons. The van der Waals surface area contributed by atoms with Gasteiger partial charge in [0, 0.05) is 61.9 Å². The maximum atomic E-state index is 13.8. The average molecular weight is 575 g/mol. The van der Waals surface area contributed by atoms with Crippen LogP contribution in [-0.2, 0) is 0 Å². The third-order valence-corrected chi connectivity index (χ3v) is 10.5. The van der Waals surface area contributed by atoms with E-state index in [1.165, 1.54) is 51.4 Å². The molecule has 7 unspecified atom stereocenters. The second kappa shape index (κ2) is 14.7. The van der Waals surface area contributed by atoms with Crippen LogP contribution in [0.3, 0.4) is 0 Å². The Hall–Kier alpha value is -0.370. The molecule has 2 saturated carbocycles. The number of halogens is 2. The first-order valence-electron chi connectivity index (χ1n) is 15.7. The molecule has 9 heteroatoms. The quantitative estimate of drug-likeness (QED) is 0.348. The normalized spacial score (nSPS) is 39.1. The fraction of sp³-hybridized carbons (Fsp3) is 0.933. The van der Waals surface area contributed by atoms with E-state index in [0.29, 0.717) is 43.1 Å².